The van der Waals surface area contributed by atoms with E-state index in [-0.39, 0.29) is 17.7 Å². The van der Waals surface area contributed by atoms with Crippen LogP contribution in [0.25, 0.3) is 0 Å². The Labute approximate surface area is 68.6 Å². The number of rotatable bonds is 4. The molecule has 0 aromatic heterocycles. The maximum Gasteiger partial charge on any atom is 0.153 e. The maximum absolute atomic E-state index is 11.4. The molecule has 0 aliphatic rings. The zero-order chi connectivity index (χ0) is 9.02. The van der Waals surface area contributed by atoms with E-state index < -0.39 is 0 Å². The summed E-state index contributed by atoms with van der Waals surface area (Å²) in [7, 11) is 3.75. The van der Waals surface area contributed by atoms with Crippen molar-refractivity contribution in [1.82, 2.24) is 4.90 Å². The first-order valence-corrected chi connectivity index (χ1v) is 3.91. The van der Waals surface area contributed by atoms with Gasteiger partial charge in [0.1, 0.15) is 0 Å². The third-order valence-electron chi connectivity index (χ3n) is 1.74. The fourth-order valence-electron chi connectivity index (χ4n) is 0.966. The molecule has 0 aromatic rings. The van der Waals surface area contributed by atoms with Crippen LogP contribution in [0.15, 0.2) is 0 Å². The number of carbonyl (C=O) groups is 1. The molecule has 0 radical (unpaired) electrons. The van der Waals surface area contributed by atoms with Gasteiger partial charge in [-0.25, -0.2) is 0 Å². The number of hydrogen-bond acceptors (Lipinski definition) is 3. The number of ketones is 1. The summed E-state index contributed by atoms with van der Waals surface area (Å²) in [4.78, 5) is 13.3. The molecule has 3 nitrogen and oxygen atoms in total. The van der Waals surface area contributed by atoms with Crippen LogP contribution >= 0.6 is 0 Å². The fraction of sp³-hybridized carbons (Fsp3) is 0.875. The summed E-state index contributed by atoms with van der Waals surface area (Å²) < 4.78 is 0. The van der Waals surface area contributed by atoms with Crippen molar-refractivity contribution >= 4 is 5.78 Å². The zero-order valence-corrected chi connectivity index (χ0v) is 7.79. The van der Waals surface area contributed by atoms with Crippen molar-refractivity contribution in [2.45, 2.75) is 19.9 Å². The number of nitrogens with zero attached hydrogens (tertiary/aromatic N) is 1. The van der Waals surface area contributed by atoms with Gasteiger partial charge in [-0.2, -0.15) is 0 Å². The third kappa shape index (κ3) is 2.99. The Morgan fingerprint density at radius 3 is 2.00 bits per heavy atom. The molecule has 0 bridgehead atoms. The van der Waals surface area contributed by atoms with Crippen molar-refractivity contribution in [2.24, 2.45) is 11.7 Å². The average Bonchev–Trinajstić information content (AvgIpc) is 1.88. The molecule has 1 unspecified atom stereocenters. The van der Waals surface area contributed by atoms with E-state index in [0.717, 1.165) is 0 Å². The van der Waals surface area contributed by atoms with E-state index in [1.165, 1.54) is 0 Å². The van der Waals surface area contributed by atoms with Crippen molar-refractivity contribution in [1.29, 1.82) is 0 Å². The molecule has 0 aliphatic carbocycles. The number of likely N-dealkylation sites (N-methyl/N-ethyl adjacent to an activating group) is 1. The molecule has 0 rings (SSSR count). The Balaban J connectivity index is 4.15. The van der Waals surface area contributed by atoms with Crippen molar-refractivity contribution in [2.75, 3.05) is 20.6 Å². The van der Waals surface area contributed by atoms with Gasteiger partial charge in [0.15, 0.2) is 5.78 Å². The Hall–Kier alpha value is -0.410. The van der Waals surface area contributed by atoms with Crippen LogP contribution in [-0.4, -0.2) is 37.4 Å². The third-order valence-corrected chi connectivity index (χ3v) is 1.74. The SMILES string of the molecule is CC(C)C(=O)C(CN)N(C)C. The van der Waals surface area contributed by atoms with E-state index in [1.807, 2.05) is 32.8 Å². The monoisotopic (exact) mass is 158 g/mol. The van der Waals surface area contributed by atoms with Crippen LogP contribution in [0.4, 0.5) is 0 Å². The quantitative estimate of drug-likeness (QED) is 0.631. The first-order valence-electron chi connectivity index (χ1n) is 3.91. The first-order chi connectivity index (χ1) is 5.00. The van der Waals surface area contributed by atoms with Crippen molar-refractivity contribution in [3.8, 4) is 0 Å². The summed E-state index contributed by atoms with van der Waals surface area (Å²) >= 11 is 0. The van der Waals surface area contributed by atoms with Crippen molar-refractivity contribution < 1.29 is 4.79 Å². The van der Waals surface area contributed by atoms with E-state index in [9.17, 15) is 4.79 Å². The lowest BCUT2D eigenvalue weighted by Gasteiger charge is -2.22. The van der Waals surface area contributed by atoms with Crippen LogP contribution in [0.2, 0.25) is 0 Å². The molecule has 0 aromatic carbocycles. The van der Waals surface area contributed by atoms with E-state index in [2.05, 4.69) is 0 Å². The topological polar surface area (TPSA) is 46.3 Å². The highest BCUT2D eigenvalue weighted by Crippen LogP contribution is 2.02. The van der Waals surface area contributed by atoms with Gasteiger partial charge in [-0.05, 0) is 14.1 Å². The smallest absolute Gasteiger partial charge is 0.153 e. The van der Waals surface area contributed by atoms with Gasteiger partial charge >= 0.3 is 0 Å². The summed E-state index contributed by atoms with van der Waals surface area (Å²) in [6.45, 7) is 4.20. The van der Waals surface area contributed by atoms with Crippen LogP contribution in [-0.2, 0) is 4.79 Å². The molecule has 0 aliphatic heterocycles. The van der Waals surface area contributed by atoms with Gasteiger partial charge in [-0.3, -0.25) is 9.69 Å². The normalized spacial score (nSPS) is 14.1. The van der Waals surface area contributed by atoms with Crippen molar-refractivity contribution in [3.63, 3.8) is 0 Å². The number of carbonyl (C=O) groups excluding carboxylic acids is 1. The highest BCUT2D eigenvalue weighted by atomic mass is 16.1. The second kappa shape index (κ2) is 4.46. The maximum atomic E-state index is 11.4. The Kier molecular flexibility index (Phi) is 4.30. The Morgan fingerprint density at radius 1 is 1.45 bits per heavy atom. The van der Waals surface area contributed by atoms with E-state index in [1.54, 1.807) is 0 Å². The fourth-order valence-corrected chi connectivity index (χ4v) is 0.966. The first kappa shape index (κ1) is 10.6. The van der Waals surface area contributed by atoms with Gasteiger partial charge in [-0.1, -0.05) is 13.8 Å². The van der Waals surface area contributed by atoms with E-state index in [4.69, 9.17) is 5.73 Å². The minimum Gasteiger partial charge on any atom is -0.328 e. The molecule has 0 amide bonds. The minimum absolute atomic E-state index is 0.0750. The van der Waals surface area contributed by atoms with Gasteiger partial charge < -0.3 is 5.73 Å². The van der Waals surface area contributed by atoms with E-state index in [0.29, 0.717) is 6.54 Å². The van der Waals surface area contributed by atoms with Crippen LogP contribution < -0.4 is 5.73 Å². The Bertz CT molecular complexity index is 132. The molecule has 3 heteroatoms. The molecule has 1 atom stereocenters. The second-order valence-corrected chi connectivity index (χ2v) is 3.27. The molecule has 0 saturated carbocycles. The molecule has 0 heterocycles. The standard InChI is InChI=1S/C8H18N2O/c1-6(2)8(11)7(5-9)10(3)4/h6-7H,5,9H2,1-4H3. The highest BCUT2D eigenvalue weighted by Gasteiger charge is 2.20. The predicted octanol–water partition coefficient (Wildman–Crippen LogP) is 0.100. The molecule has 0 spiro atoms. The van der Waals surface area contributed by atoms with Gasteiger partial charge in [0.2, 0.25) is 0 Å². The van der Waals surface area contributed by atoms with Crippen LogP contribution in [0, 0.1) is 5.92 Å². The number of nitrogens with two attached hydrogens (primary N) is 1. The zero-order valence-electron chi connectivity index (χ0n) is 7.79. The summed E-state index contributed by atoms with van der Waals surface area (Å²) in [5.41, 5.74) is 5.45. The summed E-state index contributed by atoms with van der Waals surface area (Å²) in [6.07, 6.45) is 0. The van der Waals surface area contributed by atoms with Crippen LogP contribution in [0.1, 0.15) is 13.8 Å². The molecular weight excluding hydrogens is 140 g/mol. The summed E-state index contributed by atoms with van der Waals surface area (Å²) in [6, 6.07) is -0.116. The molecular formula is C8H18N2O. The van der Waals surface area contributed by atoms with Gasteiger partial charge in [-0.15, -0.1) is 0 Å². The van der Waals surface area contributed by atoms with Gasteiger partial charge in [0, 0.05) is 12.5 Å². The van der Waals surface area contributed by atoms with Gasteiger partial charge in [0.25, 0.3) is 0 Å². The van der Waals surface area contributed by atoms with Gasteiger partial charge in [0.05, 0.1) is 6.04 Å². The number of hydrogen-bond donors (Lipinski definition) is 1. The van der Waals surface area contributed by atoms with Crippen LogP contribution in [0.5, 0.6) is 0 Å². The highest BCUT2D eigenvalue weighted by molar-refractivity contribution is 5.85. The largest absolute Gasteiger partial charge is 0.328 e. The molecule has 0 fully saturated rings. The number of Topliss-reactive ketones (excluding diaryl/α,β-unsaturated/α-hetero) is 1. The lowest BCUT2D eigenvalue weighted by atomic mass is 10.0. The predicted molar refractivity (Wildman–Crippen MR) is 46.4 cm³/mol. The lowest BCUT2D eigenvalue weighted by Crippen LogP contribution is -2.43. The van der Waals surface area contributed by atoms with Crippen molar-refractivity contribution in [3.05, 3.63) is 0 Å². The molecule has 0 saturated heterocycles. The minimum atomic E-state index is -0.116. The molecule has 11 heavy (non-hydrogen) atoms. The van der Waals surface area contributed by atoms with Crippen LogP contribution in [0.3, 0.4) is 0 Å². The second-order valence-electron chi connectivity index (χ2n) is 3.27. The summed E-state index contributed by atoms with van der Waals surface area (Å²) in [5, 5.41) is 0. The lowest BCUT2D eigenvalue weighted by molar-refractivity contribution is -0.126. The molecule has 66 valence electrons. The average molecular weight is 158 g/mol. The Morgan fingerprint density at radius 2 is 1.91 bits per heavy atom. The molecule has 2 N–H and O–H groups in total. The van der Waals surface area contributed by atoms with E-state index >= 15 is 0 Å². The summed E-state index contributed by atoms with van der Waals surface area (Å²) in [5.74, 6) is 0.295.